The second-order valence-corrected chi connectivity index (χ2v) is 6.76. The fourth-order valence-corrected chi connectivity index (χ4v) is 3.69. The molecule has 0 spiro atoms. The summed E-state index contributed by atoms with van der Waals surface area (Å²) in [5.74, 6) is 0. The van der Waals surface area contributed by atoms with E-state index in [1.165, 1.54) is 0 Å². The molecule has 2 rings (SSSR count). The Labute approximate surface area is 125 Å². The zero-order chi connectivity index (χ0) is 15.6. The van der Waals surface area contributed by atoms with Crippen LogP contribution < -0.4 is 10.5 Å². The molecule has 1 aromatic carbocycles. The minimum absolute atomic E-state index is 0.204. The Balaban J connectivity index is 2.32. The highest BCUT2D eigenvalue weighted by Crippen LogP contribution is 2.24. The molecule has 0 unspecified atom stereocenters. The van der Waals surface area contributed by atoms with E-state index in [0.717, 1.165) is 11.1 Å². The zero-order valence-electron chi connectivity index (χ0n) is 12.3. The summed E-state index contributed by atoms with van der Waals surface area (Å²) in [4.78, 5) is 4.27. The van der Waals surface area contributed by atoms with Crippen LogP contribution in [-0.2, 0) is 16.6 Å². The third-order valence-electron chi connectivity index (χ3n) is 3.51. The van der Waals surface area contributed by atoms with Crippen molar-refractivity contribution in [2.75, 3.05) is 5.73 Å². The van der Waals surface area contributed by atoms with Crippen molar-refractivity contribution >= 4 is 15.7 Å². The fourth-order valence-electron chi connectivity index (χ4n) is 2.18. The summed E-state index contributed by atoms with van der Waals surface area (Å²) in [6, 6.07) is 5.28. The molecule has 0 aliphatic rings. The van der Waals surface area contributed by atoms with Gasteiger partial charge < -0.3 is 5.73 Å². The molecular weight excluding hydrogens is 286 g/mol. The number of aryl methyl sites for hydroxylation is 2. The molecule has 6 heteroatoms. The molecule has 0 aliphatic carbocycles. The largest absolute Gasteiger partial charge is 0.398 e. The van der Waals surface area contributed by atoms with Gasteiger partial charge in [0.05, 0.1) is 4.90 Å². The molecule has 1 heterocycles. The number of nitrogens with zero attached hydrogens (tertiary/aromatic N) is 1. The van der Waals surface area contributed by atoms with E-state index < -0.39 is 10.0 Å². The number of nitrogens with one attached hydrogen (secondary N) is 1. The third-order valence-corrected chi connectivity index (χ3v) is 5.20. The average Bonchev–Trinajstić information content (AvgIpc) is 2.42. The van der Waals surface area contributed by atoms with E-state index in [1.807, 2.05) is 13.0 Å². The molecular formula is C15H19N3O2S. The van der Waals surface area contributed by atoms with Crippen LogP contribution in [0.3, 0.4) is 0 Å². The average molecular weight is 305 g/mol. The number of nitrogens with two attached hydrogens (primary N) is 1. The highest BCUT2D eigenvalue weighted by Gasteiger charge is 2.20. The minimum atomic E-state index is -3.62. The summed E-state index contributed by atoms with van der Waals surface area (Å²) in [5.41, 5.74) is 9.38. The van der Waals surface area contributed by atoms with Crippen molar-refractivity contribution in [3.63, 3.8) is 0 Å². The number of pyridine rings is 1. The lowest BCUT2D eigenvalue weighted by Crippen LogP contribution is -2.25. The van der Waals surface area contributed by atoms with Crippen LogP contribution in [0.5, 0.6) is 0 Å². The first kappa shape index (κ1) is 15.5. The molecule has 1 aromatic heterocycles. The third kappa shape index (κ3) is 3.22. The van der Waals surface area contributed by atoms with E-state index in [2.05, 4.69) is 9.71 Å². The maximum absolute atomic E-state index is 12.5. The lowest BCUT2D eigenvalue weighted by molar-refractivity contribution is 0.580. The van der Waals surface area contributed by atoms with Crippen LogP contribution in [0.1, 0.15) is 22.3 Å². The molecule has 3 N–H and O–H groups in total. The number of aromatic nitrogens is 1. The first-order valence-corrected chi connectivity index (χ1v) is 8.06. The summed E-state index contributed by atoms with van der Waals surface area (Å²) in [5, 5.41) is 0. The molecule has 0 saturated carbocycles. The smallest absolute Gasteiger partial charge is 0.241 e. The van der Waals surface area contributed by atoms with Gasteiger partial charge in [0.25, 0.3) is 0 Å². The van der Waals surface area contributed by atoms with Gasteiger partial charge in [-0.05, 0) is 55.2 Å². The number of hydrogen-bond acceptors (Lipinski definition) is 4. The van der Waals surface area contributed by atoms with Gasteiger partial charge in [-0.1, -0.05) is 6.07 Å². The maximum Gasteiger partial charge on any atom is 0.241 e. The summed E-state index contributed by atoms with van der Waals surface area (Å²) < 4.78 is 27.7. The van der Waals surface area contributed by atoms with Crippen LogP contribution in [0.15, 0.2) is 35.5 Å². The van der Waals surface area contributed by atoms with Gasteiger partial charge in [0.2, 0.25) is 10.0 Å². The highest BCUT2D eigenvalue weighted by atomic mass is 32.2. The SMILES string of the molecule is Cc1ccncc1CNS(=O)(=O)c1c(C)ccc(N)c1C. The van der Waals surface area contributed by atoms with Crippen molar-refractivity contribution in [1.29, 1.82) is 0 Å². The Morgan fingerprint density at radius 3 is 2.52 bits per heavy atom. The second-order valence-electron chi connectivity index (χ2n) is 5.05. The van der Waals surface area contributed by atoms with E-state index in [1.54, 1.807) is 38.4 Å². The van der Waals surface area contributed by atoms with E-state index in [4.69, 9.17) is 5.73 Å². The van der Waals surface area contributed by atoms with Crippen molar-refractivity contribution < 1.29 is 8.42 Å². The van der Waals surface area contributed by atoms with Crippen LogP contribution in [0, 0.1) is 20.8 Å². The van der Waals surface area contributed by atoms with E-state index in [-0.39, 0.29) is 11.4 Å². The summed E-state index contributed by atoms with van der Waals surface area (Å²) >= 11 is 0. The second kappa shape index (κ2) is 5.83. The van der Waals surface area contributed by atoms with Crippen LogP contribution in [-0.4, -0.2) is 13.4 Å². The van der Waals surface area contributed by atoms with Gasteiger partial charge >= 0.3 is 0 Å². The molecule has 0 saturated heterocycles. The number of rotatable bonds is 4. The number of sulfonamides is 1. The molecule has 0 fully saturated rings. The molecule has 0 bridgehead atoms. The van der Waals surface area contributed by atoms with Crippen molar-refractivity contribution in [2.45, 2.75) is 32.2 Å². The standard InChI is InChI=1S/C15H19N3O2S/c1-10-6-7-17-8-13(10)9-18-21(19,20)15-11(2)4-5-14(16)12(15)3/h4-8,18H,9,16H2,1-3H3. The molecule has 5 nitrogen and oxygen atoms in total. The number of hydrogen-bond donors (Lipinski definition) is 2. The number of anilines is 1. The van der Waals surface area contributed by atoms with Gasteiger partial charge in [-0.3, -0.25) is 4.98 Å². The number of benzene rings is 1. The molecule has 0 aliphatic heterocycles. The predicted molar refractivity (Wildman–Crippen MR) is 83.3 cm³/mol. The summed E-state index contributed by atoms with van der Waals surface area (Å²) in [7, 11) is -3.62. The fraction of sp³-hybridized carbons (Fsp3) is 0.267. The highest BCUT2D eigenvalue weighted by molar-refractivity contribution is 7.89. The predicted octanol–water partition coefficient (Wildman–Crippen LogP) is 2.07. The normalized spacial score (nSPS) is 11.6. The Morgan fingerprint density at radius 2 is 1.86 bits per heavy atom. The lowest BCUT2D eigenvalue weighted by atomic mass is 10.1. The van der Waals surface area contributed by atoms with Crippen molar-refractivity contribution in [3.8, 4) is 0 Å². The maximum atomic E-state index is 12.5. The Hall–Kier alpha value is -1.92. The van der Waals surface area contributed by atoms with Gasteiger partial charge in [-0.2, -0.15) is 0 Å². The van der Waals surface area contributed by atoms with Gasteiger partial charge in [0.1, 0.15) is 0 Å². The first-order valence-electron chi connectivity index (χ1n) is 6.58. The van der Waals surface area contributed by atoms with E-state index in [0.29, 0.717) is 16.8 Å². The van der Waals surface area contributed by atoms with Crippen molar-refractivity contribution in [3.05, 3.63) is 52.8 Å². The molecule has 21 heavy (non-hydrogen) atoms. The van der Waals surface area contributed by atoms with E-state index >= 15 is 0 Å². The Morgan fingerprint density at radius 1 is 1.14 bits per heavy atom. The zero-order valence-corrected chi connectivity index (χ0v) is 13.2. The van der Waals surface area contributed by atoms with Gasteiger partial charge in [0.15, 0.2) is 0 Å². The quantitative estimate of drug-likeness (QED) is 0.847. The molecule has 112 valence electrons. The van der Waals surface area contributed by atoms with Crippen LogP contribution in [0.2, 0.25) is 0 Å². The topological polar surface area (TPSA) is 85.1 Å². The molecule has 0 amide bonds. The van der Waals surface area contributed by atoms with Crippen molar-refractivity contribution in [2.24, 2.45) is 0 Å². The Bertz CT molecular complexity index is 770. The van der Waals surface area contributed by atoms with Gasteiger partial charge in [-0.25, -0.2) is 13.1 Å². The first-order chi connectivity index (χ1) is 9.83. The van der Waals surface area contributed by atoms with Gasteiger partial charge in [0, 0.05) is 24.6 Å². The number of nitrogen functional groups attached to an aromatic ring is 1. The summed E-state index contributed by atoms with van der Waals surface area (Å²) in [6.45, 7) is 5.60. The van der Waals surface area contributed by atoms with E-state index in [9.17, 15) is 8.42 Å². The van der Waals surface area contributed by atoms with Crippen LogP contribution in [0.4, 0.5) is 5.69 Å². The minimum Gasteiger partial charge on any atom is -0.398 e. The van der Waals surface area contributed by atoms with Gasteiger partial charge in [-0.15, -0.1) is 0 Å². The van der Waals surface area contributed by atoms with Crippen LogP contribution >= 0.6 is 0 Å². The lowest BCUT2D eigenvalue weighted by Gasteiger charge is -2.14. The monoisotopic (exact) mass is 305 g/mol. The van der Waals surface area contributed by atoms with Crippen LogP contribution in [0.25, 0.3) is 0 Å². The Kier molecular flexibility index (Phi) is 4.29. The molecule has 0 atom stereocenters. The summed E-state index contributed by atoms with van der Waals surface area (Å²) in [6.07, 6.45) is 3.34. The molecule has 0 radical (unpaired) electrons. The van der Waals surface area contributed by atoms with Crippen molar-refractivity contribution in [1.82, 2.24) is 9.71 Å². The molecule has 2 aromatic rings.